The number of hydrogen-bond donors (Lipinski definition) is 1. The molecular formula is C6H15Cl2FN2. The van der Waals surface area contributed by atoms with Crippen LogP contribution in [0.2, 0.25) is 0 Å². The van der Waals surface area contributed by atoms with E-state index in [1.165, 1.54) is 0 Å². The van der Waals surface area contributed by atoms with Crippen LogP contribution < -0.4 is 5.73 Å². The van der Waals surface area contributed by atoms with Crippen molar-refractivity contribution in [2.45, 2.75) is 19.1 Å². The Morgan fingerprint density at radius 3 is 2.27 bits per heavy atom. The van der Waals surface area contributed by atoms with Crippen LogP contribution in [0.1, 0.15) is 6.92 Å². The van der Waals surface area contributed by atoms with E-state index in [1.807, 2.05) is 11.8 Å². The quantitative estimate of drug-likeness (QED) is 0.723. The Balaban J connectivity index is 0. The zero-order valence-electron chi connectivity index (χ0n) is 6.50. The highest BCUT2D eigenvalue weighted by Gasteiger charge is 2.25. The van der Waals surface area contributed by atoms with Gasteiger partial charge in [-0.2, -0.15) is 0 Å². The van der Waals surface area contributed by atoms with E-state index in [0.29, 0.717) is 13.1 Å². The van der Waals surface area contributed by atoms with Crippen molar-refractivity contribution in [1.82, 2.24) is 4.90 Å². The highest BCUT2D eigenvalue weighted by molar-refractivity contribution is 5.85. The van der Waals surface area contributed by atoms with E-state index in [1.54, 1.807) is 0 Å². The van der Waals surface area contributed by atoms with Gasteiger partial charge in [-0.05, 0) is 6.92 Å². The summed E-state index contributed by atoms with van der Waals surface area (Å²) >= 11 is 0. The molecule has 1 fully saturated rings. The van der Waals surface area contributed by atoms with Crippen LogP contribution in [0.15, 0.2) is 0 Å². The fourth-order valence-electron chi connectivity index (χ4n) is 1.06. The summed E-state index contributed by atoms with van der Waals surface area (Å²) in [5.41, 5.74) is 5.48. The first-order chi connectivity index (χ1) is 4.18. The molecule has 0 aliphatic carbocycles. The molecule has 0 amide bonds. The molecule has 1 saturated heterocycles. The molecule has 2 N–H and O–H groups in total. The van der Waals surface area contributed by atoms with Crippen LogP contribution in [0.4, 0.5) is 4.39 Å². The fraction of sp³-hybridized carbons (Fsp3) is 1.00. The number of halogens is 3. The third-order valence-corrected chi connectivity index (χ3v) is 1.46. The minimum Gasteiger partial charge on any atom is -0.327 e. The van der Waals surface area contributed by atoms with E-state index in [2.05, 4.69) is 0 Å². The van der Waals surface area contributed by atoms with E-state index in [4.69, 9.17) is 5.73 Å². The first kappa shape index (κ1) is 14.0. The zero-order valence-corrected chi connectivity index (χ0v) is 8.13. The van der Waals surface area contributed by atoms with Gasteiger partial charge in [0.15, 0.2) is 0 Å². The number of alkyl halides is 1. The second kappa shape index (κ2) is 6.00. The number of nitrogens with zero attached hydrogens (tertiary/aromatic N) is 1. The summed E-state index contributed by atoms with van der Waals surface area (Å²) in [6.45, 7) is 3.94. The van der Waals surface area contributed by atoms with Gasteiger partial charge in [0.2, 0.25) is 0 Å². The predicted octanol–water partition coefficient (Wildman–Crippen LogP) is 0.831. The smallest absolute Gasteiger partial charge is 0.125 e. The molecule has 0 aromatic heterocycles. The lowest BCUT2D eigenvalue weighted by molar-refractivity contribution is 0.0621. The molecule has 0 radical (unpaired) electrons. The molecular weight excluding hydrogens is 190 g/mol. The molecule has 1 heterocycles. The van der Waals surface area contributed by atoms with Gasteiger partial charge in [-0.25, -0.2) is 4.39 Å². The van der Waals surface area contributed by atoms with Gasteiger partial charge in [-0.15, -0.1) is 24.8 Å². The van der Waals surface area contributed by atoms with Gasteiger partial charge in [-0.3, -0.25) is 4.90 Å². The molecule has 0 saturated carbocycles. The summed E-state index contributed by atoms with van der Waals surface area (Å²) in [4.78, 5) is 2.02. The van der Waals surface area contributed by atoms with E-state index in [0.717, 1.165) is 6.54 Å². The van der Waals surface area contributed by atoms with Gasteiger partial charge in [0.1, 0.15) is 6.17 Å². The summed E-state index contributed by atoms with van der Waals surface area (Å²) in [5, 5.41) is 0. The maximum absolute atomic E-state index is 12.1. The van der Waals surface area contributed by atoms with E-state index in [-0.39, 0.29) is 30.9 Å². The van der Waals surface area contributed by atoms with Gasteiger partial charge < -0.3 is 5.73 Å². The van der Waals surface area contributed by atoms with Crippen LogP contribution in [0, 0.1) is 0 Å². The molecule has 11 heavy (non-hydrogen) atoms. The molecule has 70 valence electrons. The van der Waals surface area contributed by atoms with Crippen molar-refractivity contribution < 1.29 is 4.39 Å². The molecule has 1 aliphatic rings. The van der Waals surface area contributed by atoms with Crippen molar-refractivity contribution in [3.05, 3.63) is 0 Å². The minimum atomic E-state index is -0.594. The predicted molar refractivity (Wildman–Crippen MR) is 49.5 cm³/mol. The average molecular weight is 205 g/mol. The largest absolute Gasteiger partial charge is 0.327 e. The first-order valence-corrected chi connectivity index (χ1v) is 3.30. The van der Waals surface area contributed by atoms with Gasteiger partial charge in [0.25, 0.3) is 0 Å². The van der Waals surface area contributed by atoms with Crippen LogP contribution in [0.25, 0.3) is 0 Å². The number of hydrogen-bond acceptors (Lipinski definition) is 2. The lowest BCUT2D eigenvalue weighted by Crippen LogP contribution is -2.51. The van der Waals surface area contributed by atoms with Crippen LogP contribution in [0.3, 0.4) is 0 Å². The fourth-order valence-corrected chi connectivity index (χ4v) is 1.06. The van der Waals surface area contributed by atoms with Crippen LogP contribution in [0.5, 0.6) is 0 Å². The van der Waals surface area contributed by atoms with Crippen LogP contribution >= 0.6 is 24.8 Å². The first-order valence-electron chi connectivity index (χ1n) is 3.30. The Morgan fingerprint density at radius 1 is 1.55 bits per heavy atom. The standard InChI is InChI=1S/C6H13FN2.2ClH/c1-5(8)2-9-3-6(7)4-9;;/h5-6H,2-4,8H2,1H3;2*1H/t5-;;/m1../s1. The number of nitrogens with two attached hydrogens (primary N) is 1. The highest BCUT2D eigenvalue weighted by atomic mass is 35.5. The van der Waals surface area contributed by atoms with Crippen molar-refractivity contribution in [3.8, 4) is 0 Å². The maximum Gasteiger partial charge on any atom is 0.125 e. The average Bonchev–Trinajstić information content (AvgIpc) is 1.60. The number of rotatable bonds is 2. The Labute approximate surface area is 79.1 Å². The second-order valence-electron chi connectivity index (χ2n) is 2.79. The summed E-state index contributed by atoms with van der Waals surface area (Å²) in [5.74, 6) is 0. The normalized spacial score (nSPS) is 21.0. The van der Waals surface area contributed by atoms with Crippen LogP contribution in [-0.4, -0.2) is 36.7 Å². The van der Waals surface area contributed by atoms with Gasteiger partial charge in [0.05, 0.1) is 0 Å². The highest BCUT2D eigenvalue weighted by Crippen LogP contribution is 2.10. The summed E-state index contributed by atoms with van der Waals surface area (Å²) < 4.78 is 12.1. The molecule has 0 unspecified atom stereocenters. The Morgan fingerprint density at radius 2 is 2.00 bits per heavy atom. The molecule has 0 aromatic carbocycles. The lowest BCUT2D eigenvalue weighted by Gasteiger charge is -2.35. The lowest BCUT2D eigenvalue weighted by atomic mass is 10.1. The summed E-state index contributed by atoms with van der Waals surface area (Å²) in [7, 11) is 0. The second-order valence-corrected chi connectivity index (χ2v) is 2.79. The van der Waals surface area contributed by atoms with Crippen molar-refractivity contribution in [2.75, 3.05) is 19.6 Å². The summed E-state index contributed by atoms with van der Waals surface area (Å²) in [6.07, 6.45) is -0.594. The van der Waals surface area contributed by atoms with Crippen molar-refractivity contribution >= 4 is 24.8 Å². The van der Waals surface area contributed by atoms with Crippen LogP contribution in [-0.2, 0) is 0 Å². The molecule has 0 aromatic rings. The molecule has 5 heteroatoms. The maximum atomic E-state index is 12.1. The zero-order chi connectivity index (χ0) is 6.85. The molecule has 2 nitrogen and oxygen atoms in total. The topological polar surface area (TPSA) is 29.3 Å². The van der Waals surface area contributed by atoms with E-state index >= 15 is 0 Å². The molecule has 1 atom stereocenters. The Bertz CT molecular complexity index is 96.6. The molecule has 0 bridgehead atoms. The SMILES string of the molecule is C[C@@H](N)CN1CC(F)C1.Cl.Cl. The van der Waals surface area contributed by atoms with Crippen molar-refractivity contribution in [1.29, 1.82) is 0 Å². The van der Waals surface area contributed by atoms with Crippen molar-refractivity contribution in [2.24, 2.45) is 5.73 Å². The molecule has 0 spiro atoms. The van der Waals surface area contributed by atoms with E-state index < -0.39 is 6.17 Å². The number of likely N-dealkylation sites (tertiary alicyclic amines) is 1. The van der Waals surface area contributed by atoms with Crippen molar-refractivity contribution in [3.63, 3.8) is 0 Å². The van der Waals surface area contributed by atoms with Gasteiger partial charge >= 0.3 is 0 Å². The summed E-state index contributed by atoms with van der Waals surface area (Å²) in [6, 6.07) is 0.178. The Kier molecular flexibility index (Phi) is 7.63. The monoisotopic (exact) mass is 204 g/mol. The third kappa shape index (κ3) is 4.80. The Hall–Kier alpha value is 0.430. The third-order valence-electron chi connectivity index (χ3n) is 1.46. The molecule has 1 rings (SSSR count). The van der Waals surface area contributed by atoms with E-state index in [9.17, 15) is 4.39 Å². The van der Waals surface area contributed by atoms with Gasteiger partial charge in [-0.1, -0.05) is 0 Å². The van der Waals surface area contributed by atoms with Gasteiger partial charge in [0, 0.05) is 25.7 Å². The minimum absolute atomic E-state index is 0. The molecule has 1 aliphatic heterocycles.